The number of phenolic OH excluding ortho intramolecular Hbond substituents is 1. The molecule has 0 aliphatic carbocycles. The molecule has 0 amide bonds. The van der Waals surface area contributed by atoms with E-state index in [2.05, 4.69) is 16.6 Å². The van der Waals surface area contributed by atoms with E-state index in [9.17, 15) is 36.2 Å². The van der Waals surface area contributed by atoms with Crippen LogP contribution in [0.15, 0.2) is 60.7 Å². The summed E-state index contributed by atoms with van der Waals surface area (Å²) in [6.45, 7) is 0. The molecule has 0 radical (unpaired) electrons. The van der Waals surface area contributed by atoms with Gasteiger partial charge < -0.3 is 14.4 Å². The average molecular weight is 517 g/mol. The van der Waals surface area contributed by atoms with Gasteiger partial charge in [-0.15, -0.1) is 0 Å². The predicted molar refractivity (Wildman–Crippen MR) is 124 cm³/mol. The van der Waals surface area contributed by atoms with E-state index in [0.29, 0.717) is 0 Å². The Morgan fingerprint density at radius 1 is 0.892 bits per heavy atom. The largest absolute Gasteiger partial charge is 0.507 e. The maximum absolute atomic E-state index is 13.9. The fourth-order valence-corrected chi connectivity index (χ4v) is 4.09. The highest BCUT2D eigenvalue weighted by molar-refractivity contribution is 6.02. The SMILES string of the molecule is COC(=O)c1cc2c(C#Cc3ccccc3C(F)(F)F)c(-c3ccccc3C(F)(F)F)n(C)c2cc1O. The Bertz CT molecular complexity index is 1590. The van der Waals surface area contributed by atoms with Crippen molar-refractivity contribution in [1.82, 2.24) is 4.57 Å². The summed E-state index contributed by atoms with van der Waals surface area (Å²) in [6.07, 6.45) is -9.46. The summed E-state index contributed by atoms with van der Waals surface area (Å²) in [6, 6.07) is 11.6. The molecule has 10 heteroatoms. The van der Waals surface area contributed by atoms with Crippen LogP contribution < -0.4 is 0 Å². The van der Waals surface area contributed by atoms with Gasteiger partial charge in [0.2, 0.25) is 0 Å². The minimum atomic E-state index is -4.75. The van der Waals surface area contributed by atoms with Gasteiger partial charge in [-0.3, -0.25) is 0 Å². The van der Waals surface area contributed by atoms with Crippen molar-refractivity contribution in [3.8, 4) is 28.8 Å². The number of halogens is 6. The van der Waals surface area contributed by atoms with Crippen molar-refractivity contribution < 1.29 is 41.0 Å². The lowest BCUT2D eigenvalue weighted by Gasteiger charge is -2.14. The van der Waals surface area contributed by atoms with Crippen LogP contribution in [0.25, 0.3) is 22.2 Å². The maximum atomic E-state index is 13.9. The smallest absolute Gasteiger partial charge is 0.417 e. The third-order valence-electron chi connectivity index (χ3n) is 5.76. The van der Waals surface area contributed by atoms with E-state index in [1.165, 1.54) is 48.0 Å². The molecular weight excluding hydrogens is 500 g/mol. The molecule has 1 N–H and O–H groups in total. The molecule has 0 saturated carbocycles. The van der Waals surface area contributed by atoms with Crippen molar-refractivity contribution in [3.05, 3.63) is 88.5 Å². The first-order chi connectivity index (χ1) is 17.3. The predicted octanol–water partition coefficient (Wildman–Crippen LogP) is 6.77. The number of methoxy groups -OCH3 is 1. The van der Waals surface area contributed by atoms with Gasteiger partial charge in [-0.05, 0) is 24.3 Å². The van der Waals surface area contributed by atoms with Crippen molar-refractivity contribution in [3.63, 3.8) is 0 Å². The third-order valence-corrected chi connectivity index (χ3v) is 5.76. The molecule has 37 heavy (non-hydrogen) atoms. The fourth-order valence-electron chi connectivity index (χ4n) is 4.09. The van der Waals surface area contributed by atoms with Crippen LogP contribution in [-0.4, -0.2) is 22.8 Å². The Kier molecular flexibility index (Phi) is 6.42. The molecule has 0 unspecified atom stereocenters. The topological polar surface area (TPSA) is 51.5 Å². The first kappa shape index (κ1) is 25.7. The molecule has 190 valence electrons. The van der Waals surface area contributed by atoms with Gasteiger partial charge in [-0.1, -0.05) is 42.2 Å². The second-order valence-corrected chi connectivity index (χ2v) is 8.00. The average Bonchev–Trinajstić information content (AvgIpc) is 3.11. The van der Waals surface area contributed by atoms with Gasteiger partial charge in [0.05, 0.1) is 35.0 Å². The number of carbonyl (C=O) groups excluding carboxylic acids is 1. The Balaban J connectivity index is 2.11. The van der Waals surface area contributed by atoms with Gasteiger partial charge in [0, 0.05) is 29.6 Å². The van der Waals surface area contributed by atoms with Gasteiger partial charge in [0.25, 0.3) is 0 Å². The summed E-state index contributed by atoms with van der Waals surface area (Å²) in [4.78, 5) is 12.2. The second-order valence-electron chi connectivity index (χ2n) is 8.00. The number of aromatic hydroxyl groups is 1. The Morgan fingerprint density at radius 3 is 2.11 bits per heavy atom. The maximum Gasteiger partial charge on any atom is 0.417 e. The minimum Gasteiger partial charge on any atom is -0.507 e. The van der Waals surface area contributed by atoms with Gasteiger partial charge in [-0.2, -0.15) is 26.3 Å². The summed E-state index contributed by atoms with van der Waals surface area (Å²) < 4.78 is 88.2. The van der Waals surface area contributed by atoms with E-state index < -0.39 is 35.2 Å². The molecule has 0 aliphatic rings. The van der Waals surface area contributed by atoms with E-state index in [4.69, 9.17) is 0 Å². The molecule has 1 aromatic heterocycles. The standard InChI is InChI=1S/C27H17F6NO3/c1-34-22-14-23(35)19(25(36)37-2)13-18(22)16(12-11-15-7-3-5-9-20(15)26(28,29)30)24(34)17-8-4-6-10-21(17)27(31,32)33/h3-10,13-14,35H,1-2H3. The molecule has 4 nitrogen and oxygen atoms in total. The van der Waals surface area contributed by atoms with Crippen molar-refractivity contribution in [2.45, 2.75) is 12.4 Å². The number of benzene rings is 3. The third kappa shape index (κ3) is 4.72. The Labute approximate surface area is 206 Å². The lowest BCUT2D eigenvalue weighted by Crippen LogP contribution is -2.08. The molecule has 0 saturated heterocycles. The molecule has 0 fully saturated rings. The van der Waals surface area contributed by atoms with Crippen LogP contribution >= 0.6 is 0 Å². The summed E-state index contributed by atoms with van der Waals surface area (Å²) in [5.41, 5.74) is -2.85. The van der Waals surface area contributed by atoms with Crippen molar-refractivity contribution in [1.29, 1.82) is 0 Å². The number of aromatic nitrogens is 1. The molecule has 4 rings (SSSR count). The van der Waals surface area contributed by atoms with Crippen molar-refractivity contribution in [2.24, 2.45) is 7.05 Å². The van der Waals surface area contributed by atoms with E-state index in [1.54, 1.807) is 0 Å². The van der Waals surface area contributed by atoms with E-state index in [0.717, 1.165) is 31.4 Å². The first-order valence-corrected chi connectivity index (χ1v) is 10.6. The Morgan fingerprint density at radius 2 is 1.49 bits per heavy atom. The number of phenols is 1. The lowest BCUT2D eigenvalue weighted by atomic mass is 9.98. The molecule has 0 atom stereocenters. The van der Waals surface area contributed by atoms with Crippen LogP contribution in [0.4, 0.5) is 26.3 Å². The number of ether oxygens (including phenoxy) is 1. The number of carbonyl (C=O) groups is 1. The fraction of sp³-hybridized carbons (Fsp3) is 0.148. The van der Waals surface area contributed by atoms with Crippen molar-refractivity contribution >= 4 is 16.9 Å². The van der Waals surface area contributed by atoms with Crippen LogP contribution in [-0.2, 0) is 24.1 Å². The molecule has 4 aromatic rings. The second kappa shape index (κ2) is 9.24. The van der Waals surface area contributed by atoms with E-state index in [-0.39, 0.29) is 38.9 Å². The number of rotatable bonds is 2. The number of hydrogen-bond donors (Lipinski definition) is 1. The van der Waals surface area contributed by atoms with Gasteiger partial charge in [-0.25, -0.2) is 4.79 Å². The van der Waals surface area contributed by atoms with Crippen LogP contribution in [0.2, 0.25) is 0 Å². The zero-order chi connectivity index (χ0) is 27.1. The highest BCUT2D eigenvalue weighted by Gasteiger charge is 2.35. The van der Waals surface area contributed by atoms with Gasteiger partial charge in [0.1, 0.15) is 11.3 Å². The lowest BCUT2D eigenvalue weighted by molar-refractivity contribution is -0.138. The summed E-state index contributed by atoms with van der Waals surface area (Å²) in [5.74, 6) is 3.66. The minimum absolute atomic E-state index is 0.0543. The number of esters is 1. The summed E-state index contributed by atoms with van der Waals surface area (Å²) in [5, 5.41) is 10.5. The molecule has 1 heterocycles. The van der Waals surface area contributed by atoms with Crippen molar-refractivity contribution in [2.75, 3.05) is 7.11 Å². The molecular formula is C27H17F6NO3. The molecule has 0 aliphatic heterocycles. The van der Waals surface area contributed by atoms with Crippen LogP contribution in [0.5, 0.6) is 5.75 Å². The summed E-state index contributed by atoms with van der Waals surface area (Å²) in [7, 11) is 2.51. The van der Waals surface area contributed by atoms with Crippen LogP contribution in [0, 0.1) is 11.8 Å². The quantitative estimate of drug-likeness (QED) is 0.181. The molecule has 0 bridgehead atoms. The number of nitrogens with zero attached hydrogens (tertiary/aromatic N) is 1. The van der Waals surface area contributed by atoms with Crippen LogP contribution in [0.3, 0.4) is 0 Å². The highest BCUT2D eigenvalue weighted by Crippen LogP contribution is 2.42. The van der Waals surface area contributed by atoms with Crippen LogP contribution in [0.1, 0.15) is 32.6 Å². The number of alkyl halides is 6. The first-order valence-electron chi connectivity index (χ1n) is 10.6. The Hall–Kier alpha value is -4.39. The molecule has 3 aromatic carbocycles. The molecule has 0 spiro atoms. The van der Waals surface area contributed by atoms with Gasteiger partial charge in [0.15, 0.2) is 0 Å². The zero-order valence-electron chi connectivity index (χ0n) is 19.3. The number of hydrogen-bond acceptors (Lipinski definition) is 3. The summed E-state index contributed by atoms with van der Waals surface area (Å²) >= 11 is 0. The highest BCUT2D eigenvalue weighted by atomic mass is 19.4. The number of fused-ring (bicyclic) bond motifs is 1. The van der Waals surface area contributed by atoms with E-state index in [1.807, 2.05) is 0 Å². The zero-order valence-corrected chi connectivity index (χ0v) is 19.3. The van der Waals surface area contributed by atoms with E-state index >= 15 is 0 Å². The normalized spacial score (nSPS) is 11.8. The van der Waals surface area contributed by atoms with Gasteiger partial charge >= 0.3 is 18.3 Å². The monoisotopic (exact) mass is 517 g/mol. The number of aryl methyl sites for hydroxylation is 1.